The summed E-state index contributed by atoms with van der Waals surface area (Å²) in [6.07, 6.45) is 2.12. The monoisotopic (exact) mass is 349 g/mol. The van der Waals surface area contributed by atoms with Crippen molar-refractivity contribution in [3.63, 3.8) is 0 Å². The molecule has 1 fully saturated rings. The van der Waals surface area contributed by atoms with Crippen molar-refractivity contribution in [1.82, 2.24) is 10.3 Å². The maximum atomic E-state index is 4.79. The zero-order valence-corrected chi connectivity index (χ0v) is 15.1. The zero-order valence-electron chi connectivity index (χ0n) is 14.3. The van der Waals surface area contributed by atoms with Crippen LogP contribution in [0.1, 0.15) is 22.7 Å². The number of hydrogen-bond acceptors (Lipinski definition) is 4. The molecule has 1 saturated heterocycles. The fraction of sp³-hybridized carbons (Fsp3) is 0.286. The highest BCUT2D eigenvalue weighted by Crippen LogP contribution is 2.20. The van der Waals surface area contributed by atoms with Gasteiger partial charge in [0.15, 0.2) is 0 Å². The van der Waals surface area contributed by atoms with Crippen molar-refractivity contribution in [2.24, 2.45) is 0 Å². The van der Waals surface area contributed by atoms with Gasteiger partial charge in [-0.25, -0.2) is 4.98 Å². The highest BCUT2D eigenvalue weighted by Gasteiger charge is 2.22. The van der Waals surface area contributed by atoms with E-state index in [1.54, 1.807) is 11.3 Å². The summed E-state index contributed by atoms with van der Waals surface area (Å²) in [5.41, 5.74) is 3.81. The van der Waals surface area contributed by atoms with Crippen LogP contribution in [0.3, 0.4) is 0 Å². The van der Waals surface area contributed by atoms with Crippen LogP contribution in [0.4, 0.5) is 5.69 Å². The summed E-state index contributed by atoms with van der Waals surface area (Å²) in [5.74, 6) is 0. The van der Waals surface area contributed by atoms with Gasteiger partial charge in [0.05, 0.1) is 10.7 Å². The van der Waals surface area contributed by atoms with Crippen molar-refractivity contribution in [3.8, 4) is 0 Å². The van der Waals surface area contributed by atoms with Gasteiger partial charge in [0.25, 0.3) is 0 Å². The number of nitrogens with zero attached hydrogens (tertiary/aromatic N) is 2. The second-order valence-corrected chi connectivity index (χ2v) is 7.49. The van der Waals surface area contributed by atoms with E-state index in [1.165, 1.54) is 22.7 Å². The first kappa shape index (κ1) is 16.3. The van der Waals surface area contributed by atoms with Crippen LogP contribution in [-0.2, 0) is 13.0 Å². The van der Waals surface area contributed by atoms with E-state index >= 15 is 0 Å². The van der Waals surface area contributed by atoms with E-state index in [4.69, 9.17) is 4.98 Å². The SMILES string of the molecule is c1ccc(Cc2nc(CNC3CCN(c4ccccc4)C3)cs2)cc1. The Hall–Kier alpha value is -2.17. The lowest BCUT2D eigenvalue weighted by Crippen LogP contribution is -2.32. The minimum Gasteiger partial charge on any atom is -0.370 e. The number of benzene rings is 2. The summed E-state index contributed by atoms with van der Waals surface area (Å²) in [6, 6.07) is 21.8. The average Bonchev–Trinajstić information content (AvgIpc) is 3.31. The molecule has 1 unspecified atom stereocenters. The summed E-state index contributed by atoms with van der Waals surface area (Å²) in [4.78, 5) is 7.24. The van der Waals surface area contributed by atoms with Crippen LogP contribution < -0.4 is 10.2 Å². The standard InChI is InChI=1S/C21H23N3S/c1-3-7-17(8-4-1)13-21-23-19(16-25-21)14-22-18-11-12-24(15-18)20-9-5-2-6-10-20/h1-10,16,18,22H,11-15H2. The number of hydrogen-bond donors (Lipinski definition) is 1. The first-order chi connectivity index (χ1) is 12.4. The van der Waals surface area contributed by atoms with Crippen molar-refractivity contribution in [3.05, 3.63) is 82.3 Å². The molecule has 4 heteroatoms. The molecule has 1 aliphatic rings. The molecule has 4 rings (SSSR count). The van der Waals surface area contributed by atoms with E-state index in [-0.39, 0.29) is 0 Å². The fourth-order valence-electron chi connectivity index (χ4n) is 3.33. The van der Waals surface area contributed by atoms with E-state index in [9.17, 15) is 0 Å². The number of rotatable bonds is 6. The molecule has 0 saturated carbocycles. The molecule has 0 spiro atoms. The molecule has 1 atom stereocenters. The molecule has 0 aliphatic carbocycles. The van der Waals surface area contributed by atoms with Crippen LogP contribution in [0.15, 0.2) is 66.0 Å². The third-order valence-electron chi connectivity index (χ3n) is 4.68. The Kier molecular flexibility index (Phi) is 5.09. The second-order valence-electron chi connectivity index (χ2n) is 6.54. The molecule has 128 valence electrons. The summed E-state index contributed by atoms with van der Waals surface area (Å²) >= 11 is 1.76. The molecular formula is C21H23N3S. The Labute approximate surface area is 153 Å². The number of anilines is 1. The predicted octanol–water partition coefficient (Wildman–Crippen LogP) is 4.10. The number of para-hydroxylation sites is 1. The lowest BCUT2D eigenvalue weighted by atomic mass is 10.2. The lowest BCUT2D eigenvalue weighted by Gasteiger charge is -2.18. The van der Waals surface area contributed by atoms with Crippen molar-refractivity contribution in [2.45, 2.75) is 25.4 Å². The minimum absolute atomic E-state index is 0.541. The quantitative estimate of drug-likeness (QED) is 0.726. The van der Waals surface area contributed by atoms with Gasteiger partial charge >= 0.3 is 0 Å². The van der Waals surface area contributed by atoms with Gasteiger partial charge in [-0.3, -0.25) is 0 Å². The van der Waals surface area contributed by atoms with Gasteiger partial charge in [-0.15, -0.1) is 11.3 Å². The van der Waals surface area contributed by atoms with E-state index in [0.717, 1.165) is 31.7 Å². The van der Waals surface area contributed by atoms with E-state index < -0.39 is 0 Å². The molecule has 2 heterocycles. The van der Waals surface area contributed by atoms with Crippen LogP contribution in [0.25, 0.3) is 0 Å². The Bertz CT molecular complexity index is 785. The summed E-state index contributed by atoms with van der Waals surface area (Å²) in [5, 5.41) is 7.06. The third-order valence-corrected chi connectivity index (χ3v) is 5.58. The lowest BCUT2D eigenvalue weighted by molar-refractivity contribution is 0.546. The number of nitrogens with one attached hydrogen (secondary N) is 1. The largest absolute Gasteiger partial charge is 0.370 e. The summed E-state index contributed by atoms with van der Waals surface area (Å²) in [6.45, 7) is 3.06. The van der Waals surface area contributed by atoms with Gasteiger partial charge in [0.1, 0.15) is 0 Å². The molecule has 25 heavy (non-hydrogen) atoms. The molecule has 3 aromatic rings. The molecule has 0 radical (unpaired) electrons. The highest BCUT2D eigenvalue weighted by atomic mass is 32.1. The first-order valence-electron chi connectivity index (χ1n) is 8.87. The zero-order chi connectivity index (χ0) is 16.9. The number of aromatic nitrogens is 1. The Balaban J connectivity index is 1.28. The molecule has 0 bridgehead atoms. The van der Waals surface area contributed by atoms with Crippen molar-refractivity contribution >= 4 is 17.0 Å². The van der Waals surface area contributed by atoms with Crippen LogP contribution in [0.2, 0.25) is 0 Å². The van der Waals surface area contributed by atoms with Crippen LogP contribution >= 0.6 is 11.3 Å². The first-order valence-corrected chi connectivity index (χ1v) is 9.75. The van der Waals surface area contributed by atoms with Gasteiger partial charge in [-0.1, -0.05) is 48.5 Å². The Morgan fingerprint density at radius 2 is 1.80 bits per heavy atom. The predicted molar refractivity (Wildman–Crippen MR) is 105 cm³/mol. The minimum atomic E-state index is 0.541. The molecule has 1 aromatic heterocycles. The van der Waals surface area contributed by atoms with Crippen molar-refractivity contribution < 1.29 is 0 Å². The van der Waals surface area contributed by atoms with Crippen LogP contribution in [-0.4, -0.2) is 24.1 Å². The van der Waals surface area contributed by atoms with Crippen molar-refractivity contribution in [2.75, 3.05) is 18.0 Å². The van der Waals surface area contributed by atoms with E-state index in [1.807, 2.05) is 0 Å². The van der Waals surface area contributed by atoms with Gasteiger partial charge < -0.3 is 10.2 Å². The van der Waals surface area contributed by atoms with E-state index in [2.05, 4.69) is 76.3 Å². The average molecular weight is 350 g/mol. The van der Waals surface area contributed by atoms with Crippen LogP contribution in [0, 0.1) is 0 Å². The third kappa shape index (κ3) is 4.27. The number of thiazole rings is 1. The molecular weight excluding hydrogens is 326 g/mol. The smallest absolute Gasteiger partial charge is 0.0972 e. The molecule has 1 N–H and O–H groups in total. The molecule has 2 aromatic carbocycles. The second kappa shape index (κ2) is 7.81. The van der Waals surface area contributed by atoms with Gasteiger partial charge in [0, 0.05) is 43.2 Å². The Morgan fingerprint density at radius 1 is 1.04 bits per heavy atom. The topological polar surface area (TPSA) is 28.2 Å². The summed E-state index contributed by atoms with van der Waals surface area (Å²) in [7, 11) is 0. The highest BCUT2D eigenvalue weighted by molar-refractivity contribution is 7.09. The maximum Gasteiger partial charge on any atom is 0.0972 e. The van der Waals surface area contributed by atoms with Gasteiger partial charge in [0.2, 0.25) is 0 Å². The maximum absolute atomic E-state index is 4.79. The van der Waals surface area contributed by atoms with Crippen LogP contribution in [0.5, 0.6) is 0 Å². The fourth-order valence-corrected chi connectivity index (χ4v) is 4.16. The van der Waals surface area contributed by atoms with Gasteiger partial charge in [-0.05, 0) is 24.1 Å². The molecule has 3 nitrogen and oxygen atoms in total. The normalized spacial score (nSPS) is 17.1. The van der Waals surface area contributed by atoms with Gasteiger partial charge in [-0.2, -0.15) is 0 Å². The van der Waals surface area contributed by atoms with Crippen molar-refractivity contribution in [1.29, 1.82) is 0 Å². The summed E-state index contributed by atoms with van der Waals surface area (Å²) < 4.78 is 0. The molecule has 0 amide bonds. The Morgan fingerprint density at radius 3 is 2.60 bits per heavy atom. The van der Waals surface area contributed by atoms with E-state index in [0.29, 0.717) is 6.04 Å². The molecule has 1 aliphatic heterocycles.